The first-order chi connectivity index (χ1) is 8.08. The van der Waals surface area contributed by atoms with E-state index in [1.54, 1.807) is 0 Å². The van der Waals surface area contributed by atoms with Crippen molar-refractivity contribution in [3.05, 3.63) is 0 Å². The van der Waals surface area contributed by atoms with E-state index in [9.17, 15) is 24.3 Å². The van der Waals surface area contributed by atoms with E-state index < -0.39 is 48.4 Å². The third kappa shape index (κ3) is 7.11. The first-order valence-corrected chi connectivity index (χ1v) is 4.68. The van der Waals surface area contributed by atoms with Crippen LogP contribution in [0.2, 0.25) is 0 Å². The van der Waals surface area contributed by atoms with Crippen LogP contribution in [0.25, 0.3) is 0 Å². The molecule has 0 radical (unpaired) electrons. The third-order valence-corrected chi connectivity index (χ3v) is 1.93. The van der Waals surface area contributed by atoms with Crippen LogP contribution in [0.3, 0.4) is 0 Å². The molecule has 0 bridgehead atoms. The summed E-state index contributed by atoms with van der Waals surface area (Å²) in [7, 11) is 0. The average molecular weight is 288 g/mol. The van der Waals surface area contributed by atoms with Gasteiger partial charge in [0.05, 0.1) is 12.8 Å². The summed E-state index contributed by atoms with van der Waals surface area (Å²) in [6, 6.07) is 0. The molecule has 0 aromatic heterocycles. The van der Waals surface area contributed by atoms with Gasteiger partial charge in [-0.25, -0.2) is 9.59 Å². The predicted octanol–water partition coefficient (Wildman–Crippen LogP) is -4.20. The molecule has 0 saturated carbocycles. The maximum Gasteiger partial charge on any atom is 1.00 e. The first kappa shape index (κ1) is 20.2. The van der Waals surface area contributed by atoms with E-state index in [0.29, 0.717) is 0 Å². The number of hydrogen-bond donors (Lipinski definition) is 4. The summed E-state index contributed by atoms with van der Waals surface area (Å²) in [5, 5.41) is 34.9. The van der Waals surface area contributed by atoms with Gasteiger partial charge in [0.25, 0.3) is 0 Å². The molecule has 0 heterocycles. The molecule has 0 aromatic carbocycles. The number of hydrogen-bond acceptors (Lipinski definition) is 6. The molecular formula is C9H13NaO9. The van der Waals surface area contributed by atoms with Gasteiger partial charge in [0.1, 0.15) is 0 Å². The number of carbonyl (C=O) groups excluding carboxylic acids is 1. The molecule has 0 rings (SSSR count). The van der Waals surface area contributed by atoms with Gasteiger partial charge in [-0.1, -0.05) is 0 Å². The van der Waals surface area contributed by atoms with Crippen molar-refractivity contribution in [2.75, 3.05) is 0 Å². The minimum absolute atomic E-state index is 0. The van der Waals surface area contributed by atoms with Gasteiger partial charge in [0.2, 0.25) is 0 Å². The number of carboxylic acid groups (broad SMARTS) is 3. The maximum absolute atomic E-state index is 11.2. The molecule has 4 N–H and O–H groups in total. The molecule has 0 fully saturated rings. The fourth-order valence-electron chi connectivity index (χ4n) is 0.992. The molecule has 0 aromatic rings. The van der Waals surface area contributed by atoms with Gasteiger partial charge < -0.3 is 26.6 Å². The summed E-state index contributed by atoms with van der Waals surface area (Å²) in [4.78, 5) is 42.6. The number of carbonyl (C=O) groups is 4. The maximum atomic E-state index is 11.2. The van der Waals surface area contributed by atoms with Crippen molar-refractivity contribution in [3.8, 4) is 0 Å². The van der Waals surface area contributed by atoms with Crippen LogP contribution in [0.4, 0.5) is 0 Å². The molecule has 0 aliphatic rings. The Morgan fingerprint density at radius 1 is 1.16 bits per heavy atom. The normalized spacial score (nSPS) is 14.4. The molecule has 104 valence electrons. The molecule has 0 aliphatic carbocycles. The van der Waals surface area contributed by atoms with Crippen molar-refractivity contribution < 1.29 is 75.3 Å². The van der Waals surface area contributed by atoms with Crippen LogP contribution < -0.4 is 29.6 Å². The topological polar surface area (TPSA) is 158 Å². The van der Waals surface area contributed by atoms with E-state index >= 15 is 0 Å². The van der Waals surface area contributed by atoms with Gasteiger partial charge >= 0.3 is 53.4 Å². The second kappa shape index (κ2) is 8.10. The molecule has 2 atom stereocenters. The SMILES string of the molecule is CC(OC(=O)CC(O)(CC(=O)O)C(=O)O)C(=O)O.[H-].[Na+]. The Balaban J connectivity index is -0.00000144. The number of aliphatic carboxylic acids is 3. The van der Waals surface area contributed by atoms with Crippen molar-refractivity contribution in [1.82, 2.24) is 0 Å². The Kier molecular flexibility index (Phi) is 8.60. The summed E-state index contributed by atoms with van der Waals surface area (Å²) in [6.07, 6.45) is -3.90. The van der Waals surface area contributed by atoms with Crippen molar-refractivity contribution >= 4 is 23.9 Å². The Morgan fingerprint density at radius 3 is 1.95 bits per heavy atom. The summed E-state index contributed by atoms with van der Waals surface area (Å²) in [5.41, 5.74) is -2.83. The van der Waals surface area contributed by atoms with Gasteiger partial charge in [-0.2, -0.15) is 0 Å². The van der Waals surface area contributed by atoms with Gasteiger partial charge in [-0.15, -0.1) is 0 Å². The third-order valence-electron chi connectivity index (χ3n) is 1.93. The Hall–Kier alpha value is -1.16. The molecule has 9 nitrogen and oxygen atoms in total. The zero-order valence-corrected chi connectivity index (χ0v) is 12.3. The van der Waals surface area contributed by atoms with Crippen LogP contribution in [0, 0.1) is 0 Å². The Labute approximate surface area is 130 Å². The second-order valence-electron chi connectivity index (χ2n) is 3.55. The molecular weight excluding hydrogens is 275 g/mol. The van der Waals surface area contributed by atoms with Gasteiger partial charge in [0, 0.05) is 0 Å². The van der Waals surface area contributed by atoms with Crippen LogP contribution >= 0.6 is 0 Å². The Morgan fingerprint density at radius 2 is 1.63 bits per heavy atom. The summed E-state index contributed by atoms with van der Waals surface area (Å²) in [5.74, 6) is -6.32. The van der Waals surface area contributed by atoms with Gasteiger partial charge in [-0.3, -0.25) is 9.59 Å². The fraction of sp³-hybridized carbons (Fsp3) is 0.556. The summed E-state index contributed by atoms with van der Waals surface area (Å²) < 4.78 is 4.28. The van der Waals surface area contributed by atoms with E-state index in [1.807, 2.05) is 0 Å². The molecule has 2 unspecified atom stereocenters. The monoisotopic (exact) mass is 288 g/mol. The molecule has 0 spiro atoms. The van der Waals surface area contributed by atoms with Crippen LogP contribution in [-0.4, -0.2) is 56.0 Å². The van der Waals surface area contributed by atoms with Crippen molar-refractivity contribution in [1.29, 1.82) is 0 Å². The fourth-order valence-corrected chi connectivity index (χ4v) is 0.992. The van der Waals surface area contributed by atoms with E-state index in [0.717, 1.165) is 6.92 Å². The zero-order chi connectivity index (χ0) is 14.5. The smallest absolute Gasteiger partial charge is 1.00 e. The van der Waals surface area contributed by atoms with Crippen molar-refractivity contribution in [2.45, 2.75) is 31.5 Å². The number of aliphatic hydroxyl groups is 1. The van der Waals surface area contributed by atoms with E-state index in [4.69, 9.17) is 15.3 Å². The predicted molar refractivity (Wildman–Crippen MR) is 53.8 cm³/mol. The molecule has 10 heteroatoms. The minimum atomic E-state index is -2.83. The second-order valence-corrected chi connectivity index (χ2v) is 3.55. The summed E-state index contributed by atoms with van der Waals surface area (Å²) in [6.45, 7) is 1.03. The molecule has 19 heavy (non-hydrogen) atoms. The standard InChI is InChI=1S/C9H12O9.Na.H/c1-4(7(13)14)18-6(12)3-9(17,8(15)16)2-5(10)11;;/h4,17H,2-3H2,1H3,(H,10,11)(H,13,14)(H,15,16);;/q;+1;-1. The summed E-state index contributed by atoms with van der Waals surface area (Å²) >= 11 is 0. The van der Waals surface area contributed by atoms with E-state index in [1.165, 1.54) is 0 Å². The van der Waals surface area contributed by atoms with Crippen molar-refractivity contribution in [3.63, 3.8) is 0 Å². The van der Waals surface area contributed by atoms with Crippen LogP contribution in [0.1, 0.15) is 21.2 Å². The first-order valence-electron chi connectivity index (χ1n) is 4.68. The molecule has 0 saturated heterocycles. The van der Waals surface area contributed by atoms with Crippen LogP contribution in [0.5, 0.6) is 0 Å². The average Bonchev–Trinajstić information content (AvgIpc) is 2.14. The minimum Gasteiger partial charge on any atom is -1.00 e. The van der Waals surface area contributed by atoms with Gasteiger partial charge in [0.15, 0.2) is 11.7 Å². The van der Waals surface area contributed by atoms with Crippen molar-refractivity contribution in [2.24, 2.45) is 0 Å². The largest absolute Gasteiger partial charge is 1.00 e. The number of ether oxygens (including phenoxy) is 1. The Bertz CT molecular complexity index is 386. The van der Waals surface area contributed by atoms with Crippen LogP contribution in [0.15, 0.2) is 0 Å². The number of carboxylic acids is 3. The zero-order valence-electron chi connectivity index (χ0n) is 11.3. The van der Waals surface area contributed by atoms with E-state index in [2.05, 4.69) is 4.74 Å². The number of rotatable bonds is 7. The van der Waals surface area contributed by atoms with Gasteiger partial charge in [-0.05, 0) is 6.92 Å². The molecule has 0 amide bonds. The molecule has 0 aliphatic heterocycles. The van der Waals surface area contributed by atoms with E-state index in [-0.39, 0.29) is 31.0 Å². The van der Waals surface area contributed by atoms with Crippen LogP contribution in [-0.2, 0) is 23.9 Å². The number of esters is 1. The quantitative estimate of drug-likeness (QED) is 0.269.